The molecule has 0 fully saturated rings. The van der Waals surface area contributed by atoms with Gasteiger partial charge in [0.05, 0.1) is 6.04 Å². The Kier molecular flexibility index (Phi) is 4.26. The van der Waals surface area contributed by atoms with Gasteiger partial charge in [0.1, 0.15) is 0 Å². The van der Waals surface area contributed by atoms with Gasteiger partial charge in [-0.3, -0.25) is 4.79 Å². The minimum atomic E-state index is -0.174. The van der Waals surface area contributed by atoms with Crippen LogP contribution in [0.1, 0.15) is 22.8 Å². The van der Waals surface area contributed by atoms with E-state index in [4.69, 9.17) is 0 Å². The van der Waals surface area contributed by atoms with Crippen molar-refractivity contribution in [2.75, 3.05) is 0 Å². The number of hydrogen-bond acceptors (Lipinski definition) is 2. The third-order valence-corrected chi connectivity index (χ3v) is 2.91. The average Bonchev–Trinajstić information content (AvgIpc) is 2.46. The van der Waals surface area contributed by atoms with Crippen molar-refractivity contribution in [2.24, 2.45) is 0 Å². The van der Waals surface area contributed by atoms with Crippen molar-refractivity contribution in [2.45, 2.75) is 19.5 Å². The normalized spacial score (nSPS) is 12.1. The Morgan fingerprint density at radius 1 is 1.00 bits per heavy atom. The van der Waals surface area contributed by atoms with Crippen LogP contribution in [0.15, 0.2) is 60.7 Å². The van der Waals surface area contributed by atoms with Crippen LogP contribution in [0, 0.1) is 0 Å². The summed E-state index contributed by atoms with van der Waals surface area (Å²) in [7, 11) is 0. The Bertz CT molecular complexity index is 493. The van der Waals surface area contributed by atoms with E-state index < -0.39 is 0 Å². The highest BCUT2D eigenvalue weighted by Gasteiger charge is 2.13. The third kappa shape index (κ3) is 3.28. The predicted octanol–water partition coefficient (Wildman–Crippen LogP) is 3.05. The molecule has 0 aromatic heterocycles. The van der Waals surface area contributed by atoms with Gasteiger partial charge in [-0.1, -0.05) is 60.7 Å². The molecule has 1 unspecified atom stereocenters. The van der Waals surface area contributed by atoms with Crippen LogP contribution < -0.4 is 5.32 Å². The quantitative estimate of drug-likeness (QED) is 0.812. The van der Waals surface area contributed by atoms with E-state index >= 15 is 0 Å². The Hall–Kier alpha value is -1.93. The van der Waals surface area contributed by atoms with Gasteiger partial charge in [0.2, 0.25) is 0 Å². The van der Waals surface area contributed by atoms with Gasteiger partial charge in [-0.25, -0.2) is 0 Å². The number of rotatable bonds is 5. The molecule has 0 radical (unpaired) electrons. The lowest BCUT2D eigenvalue weighted by molar-refractivity contribution is 0.0950. The predicted molar refractivity (Wildman–Crippen MR) is 73.5 cm³/mol. The Morgan fingerprint density at radius 3 is 2.17 bits per heavy atom. The number of ketones is 1. The monoisotopic (exact) mass is 239 g/mol. The fraction of sp³-hybridized carbons (Fsp3) is 0.188. The van der Waals surface area contributed by atoms with E-state index in [1.54, 1.807) is 0 Å². The van der Waals surface area contributed by atoms with Gasteiger partial charge in [-0.2, -0.15) is 0 Å². The van der Waals surface area contributed by atoms with Crippen molar-refractivity contribution in [1.82, 2.24) is 5.32 Å². The first-order valence-electron chi connectivity index (χ1n) is 6.14. The molecule has 2 heteroatoms. The van der Waals surface area contributed by atoms with Gasteiger partial charge < -0.3 is 5.32 Å². The van der Waals surface area contributed by atoms with Gasteiger partial charge in [-0.05, 0) is 12.5 Å². The Balaban J connectivity index is 1.93. The number of carbonyl (C=O) groups is 1. The molecule has 2 aromatic carbocycles. The molecule has 18 heavy (non-hydrogen) atoms. The zero-order valence-corrected chi connectivity index (χ0v) is 10.5. The fourth-order valence-electron chi connectivity index (χ4n) is 1.81. The highest BCUT2D eigenvalue weighted by atomic mass is 16.1. The van der Waals surface area contributed by atoms with Gasteiger partial charge >= 0.3 is 0 Å². The van der Waals surface area contributed by atoms with Crippen molar-refractivity contribution in [3.8, 4) is 0 Å². The van der Waals surface area contributed by atoms with Crippen molar-refractivity contribution in [1.29, 1.82) is 0 Å². The highest BCUT2D eigenvalue weighted by molar-refractivity contribution is 5.99. The first-order chi connectivity index (χ1) is 8.77. The largest absolute Gasteiger partial charge is 0.303 e. The molecular formula is C16H17NO. The fourth-order valence-corrected chi connectivity index (χ4v) is 1.81. The number of Topliss-reactive ketones (excluding diaryl/α,β-unsaturated/α-hetero) is 1. The van der Waals surface area contributed by atoms with Gasteiger partial charge in [0.15, 0.2) is 5.78 Å². The number of benzene rings is 2. The lowest BCUT2D eigenvalue weighted by atomic mass is 10.1. The minimum Gasteiger partial charge on any atom is -0.303 e. The maximum absolute atomic E-state index is 12.1. The molecular weight excluding hydrogens is 222 g/mol. The first-order valence-corrected chi connectivity index (χ1v) is 6.14. The van der Waals surface area contributed by atoms with Crippen LogP contribution in [-0.4, -0.2) is 11.8 Å². The second kappa shape index (κ2) is 6.12. The van der Waals surface area contributed by atoms with Crippen LogP contribution in [-0.2, 0) is 6.54 Å². The molecule has 0 spiro atoms. The Morgan fingerprint density at radius 2 is 1.56 bits per heavy atom. The first kappa shape index (κ1) is 12.5. The zero-order chi connectivity index (χ0) is 12.8. The van der Waals surface area contributed by atoms with Crippen LogP contribution in [0.2, 0.25) is 0 Å². The van der Waals surface area contributed by atoms with E-state index in [9.17, 15) is 4.79 Å². The molecule has 1 N–H and O–H groups in total. The average molecular weight is 239 g/mol. The van der Waals surface area contributed by atoms with E-state index in [1.807, 2.05) is 67.6 Å². The summed E-state index contributed by atoms with van der Waals surface area (Å²) in [5.41, 5.74) is 1.94. The van der Waals surface area contributed by atoms with Crippen molar-refractivity contribution >= 4 is 5.78 Å². The van der Waals surface area contributed by atoms with E-state index in [1.165, 1.54) is 5.56 Å². The lowest BCUT2D eigenvalue weighted by Gasteiger charge is -2.12. The summed E-state index contributed by atoms with van der Waals surface area (Å²) in [4.78, 5) is 12.1. The van der Waals surface area contributed by atoms with Gasteiger partial charge in [0, 0.05) is 12.1 Å². The van der Waals surface area contributed by atoms with Crippen LogP contribution in [0.3, 0.4) is 0 Å². The maximum atomic E-state index is 12.1. The highest BCUT2D eigenvalue weighted by Crippen LogP contribution is 2.04. The second-order valence-corrected chi connectivity index (χ2v) is 4.32. The summed E-state index contributed by atoms with van der Waals surface area (Å²) >= 11 is 0. The summed E-state index contributed by atoms with van der Waals surface area (Å²) in [5.74, 6) is 0.131. The van der Waals surface area contributed by atoms with Crippen molar-refractivity contribution in [3.05, 3.63) is 71.8 Å². The second-order valence-electron chi connectivity index (χ2n) is 4.32. The molecule has 2 aromatic rings. The van der Waals surface area contributed by atoms with Crippen molar-refractivity contribution in [3.63, 3.8) is 0 Å². The molecule has 0 amide bonds. The van der Waals surface area contributed by atoms with Gasteiger partial charge in [-0.15, -0.1) is 0 Å². The molecule has 0 aliphatic heterocycles. The molecule has 0 bridgehead atoms. The van der Waals surface area contributed by atoms with E-state index in [0.717, 1.165) is 5.56 Å². The molecule has 2 nitrogen and oxygen atoms in total. The summed E-state index contributed by atoms with van der Waals surface area (Å²) in [6.45, 7) is 2.61. The van der Waals surface area contributed by atoms with Crippen LogP contribution >= 0.6 is 0 Å². The molecule has 1 atom stereocenters. The maximum Gasteiger partial charge on any atom is 0.179 e. The van der Waals surface area contributed by atoms with Gasteiger partial charge in [0.25, 0.3) is 0 Å². The van der Waals surface area contributed by atoms with Crippen LogP contribution in [0.5, 0.6) is 0 Å². The molecule has 0 saturated carbocycles. The zero-order valence-electron chi connectivity index (χ0n) is 10.5. The van der Waals surface area contributed by atoms with Crippen LogP contribution in [0.4, 0.5) is 0 Å². The summed E-state index contributed by atoms with van der Waals surface area (Å²) in [6, 6.07) is 19.3. The summed E-state index contributed by atoms with van der Waals surface area (Å²) in [5, 5.41) is 3.25. The number of hydrogen-bond donors (Lipinski definition) is 1. The third-order valence-electron chi connectivity index (χ3n) is 2.91. The van der Waals surface area contributed by atoms with E-state index in [0.29, 0.717) is 6.54 Å². The molecule has 0 aliphatic rings. The summed E-state index contributed by atoms with van der Waals surface area (Å²) < 4.78 is 0. The SMILES string of the molecule is CC(NCc1ccccc1)C(=O)c1ccccc1. The molecule has 0 saturated heterocycles. The smallest absolute Gasteiger partial charge is 0.179 e. The molecule has 0 aliphatic carbocycles. The summed E-state index contributed by atoms with van der Waals surface area (Å²) in [6.07, 6.45) is 0. The lowest BCUT2D eigenvalue weighted by Crippen LogP contribution is -2.33. The van der Waals surface area contributed by atoms with Crippen molar-refractivity contribution < 1.29 is 4.79 Å². The Labute approximate surface area is 108 Å². The molecule has 0 heterocycles. The minimum absolute atomic E-state index is 0.131. The van der Waals surface area contributed by atoms with E-state index in [2.05, 4.69) is 5.32 Å². The topological polar surface area (TPSA) is 29.1 Å². The number of nitrogens with one attached hydrogen (secondary N) is 1. The molecule has 2 rings (SSSR count). The standard InChI is InChI=1S/C16H17NO/c1-13(16(18)15-10-6-3-7-11-15)17-12-14-8-4-2-5-9-14/h2-11,13,17H,12H2,1H3. The van der Waals surface area contributed by atoms with E-state index in [-0.39, 0.29) is 11.8 Å². The number of carbonyl (C=O) groups excluding carboxylic acids is 1. The van der Waals surface area contributed by atoms with Crippen LogP contribution in [0.25, 0.3) is 0 Å². The molecule has 92 valence electrons.